The van der Waals surface area contributed by atoms with E-state index in [0.717, 1.165) is 57.0 Å². The Kier molecular flexibility index (Phi) is 8.78. The number of para-hydroxylation sites is 1. The predicted molar refractivity (Wildman–Crippen MR) is 140 cm³/mol. The lowest BCUT2D eigenvalue weighted by Crippen LogP contribution is -2.41. The number of carbonyl (C=O) groups is 1. The normalized spacial score (nSPS) is 18.0. The number of amides is 1. The third-order valence-electron chi connectivity index (χ3n) is 6.15. The van der Waals surface area contributed by atoms with Crippen LogP contribution in [-0.4, -0.2) is 54.6 Å². The molecule has 2 aromatic carbocycles. The predicted octanol–water partition coefficient (Wildman–Crippen LogP) is 4.13. The van der Waals surface area contributed by atoms with Crippen molar-refractivity contribution in [3.8, 4) is 5.75 Å². The molecule has 1 fully saturated rings. The van der Waals surface area contributed by atoms with Crippen molar-refractivity contribution in [2.24, 2.45) is 4.99 Å². The molecule has 2 N–H and O–H groups in total. The summed E-state index contributed by atoms with van der Waals surface area (Å²) in [4.78, 5) is 21.2. The summed E-state index contributed by atoms with van der Waals surface area (Å²) in [6.45, 7) is 6.14. The molecule has 0 spiro atoms. The molecule has 172 valence electrons. The largest absolute Gasteiger partial charge is 0.508 e. The second-order valence-corrected chi connectivity index (χ2v) is 8.29. The zero-order valence-electron chi connectivity index (χ0n) is 18.7. The fraction of sp³-hybridized carbons (Fsp3) is 0.440. The second-order valence-electron chi connectivity index (χ2n) is 8.29. The molecule has 0 saturated carbocycles. The summed E-state index contributed by atoms with van der Waals surface area (Å²) in [7, 11) is 0. The van der Waals surface area contributed by atoms with Crippen molar-refractivity contribution >= 4 is 41.5 Å². The Morgan fingerprint density at radius 1 is 1.22 bits per heavy atom. The lowest BCUT2D eigenvalue weighted by Gasteiger charge is -2.23. The van der Waals surface area contributed by atoms with Gasteiger partial charge in [-0.05, 0) is 55.5 Å². The highest BCUT2D eigenvalue weighted by atomic mass is 127. The van der Waals surface area contributed by atoms with Crippen molar-refractivity contribution < 1.29 is 9.90 Å². The van der Waals surface area contributed by atoms with E-state index in [4.69, 9.17) is 4.99 Å². The summed E-state index contributed by atoms with van der Waals surface area (Å²) in [6, 6.07) is 15.9. The maximum Gasteiger partial charge on any atom is 0.222 e. The fourth-order valence-electron chi connectivity index (χ4n) is 4.59. The number of anilines is 1. The summed E-state index contributed by atoms with van der Waals surface area (Å²) in [6.07, 6.45) is 3.44. The molecule has 32 heavy (non-hydrogen) atoms. The van der Waals surface area contributed by atoms with Gasteiger partial charge in [-0.1, -0.05) is 30.3 Å². The third kappa shape index (κ3) is 5.74. The Morgan fingerprint density at radius 2 is 2.06 bits per heavy atom. The van der Waals surface area contributed by atoms with Gasteiger partial charge in [0, 0.05) is 50.7 Å². The summed E-state index contributed by atoms with van der Waals surface area (Å²) < 4.78 is 0. The van der Waals surface area contributed by atoms with Crippen LogP contribution in [0.25, 0.3) is 0 Å². The van der Waals surface area contributed by atoms with Crippen molar-refractivity contribution in [3.05, 3.63) is 59.7 Å². The van der Waals surface area contributed by atoms with E-state index < -0.39 is 0 Å². The van der Waals surface area contributed by atoms with Gasteiger partial charge in [0.2, 0.25) is 5.91 Å². The van der Waals surface area contributed by atoms with Gasteiger partial charge in [0.1, 0.15) is 5.75 Å². The number of aliphatic imine (C=N–C) groups is 1. The summed E-state index contributed by atoms with van der Waals surface area (Å²) in [5, 5.41) is 13.1. The Morgan fingerprint density at radius 3 is 2.81 bits per heavy atom. The molecule has 1 amide bonds. The number of fused-ring (bicyclic) bond motifs is 1. The lowest BCUT2D eigenvalue weighted by molar-refractivity contribution is -0.127. The van der Waals surface area contributed by atoms with E-state index in [2.05, 4.69) is 41.4 Å². The second kappa shape index (κ2) is 11.5. The van der Waals surface area contributed by atoms with E-state index in [1.165, 1.54) is 11.3 Å². The minimum atomic E-state index is 0. The number of hydrogen-bond donors (Lipinski definition) is 2. The number of hydrogen-bond acceptors (Lipinski definition) is 3. The zero-order chi connectivity index (χ0) is 21.6. The minimum Gasteiger partial charge on any atom is -0.508 e. The zero-order valence-corrected chi connectivity index (χ0v) is 21.0. The van der Waals surface area contributed by atoms with Crippen LogP contribution in [0.1, 0.15) is 43.2 Å². The third-order valence-corrected chi connectivity index (χ3v) is 6.15. The van der Waals surface area contributed by atoms with Gasteiger partial charge in [-0.2, -0.15) is 0 Å². The van der Waals surface area contributed by atoms with Gasteiger partial charge < -0.3 is 20.2 Å². The maximum atomic E-state index is 12.0. The SMILES string of the molecule is CCNC(=NCCc1cccc(O)c1)N1CC(CCN2CCCC2=O)c2ccccc21.I. The van der Waals surface area contributed by atoms with E-state index in [9.17, 15) is 9.90 Å². The van der Waals surface area contributed by atoms with E-state index in [0.29, 0.717) is 30.5 Å². The number of halogens is 1. The smallest absolute Gasteiger partial charge is 0.222 e. The van der Waals surface area contributed by atoms with E-state index >= 15 is 0 Å². The first-order valence-corrected chi connectivity index (χ1v) is 11.4. The molecule has 0 bridgehead atoms. The van der Waals surface area contributed by atoms with Crippen molar-refractivity contribution in [2.45, 2.75) is 38.5 Å². The molecule has 6 nitrogen and oxygen atoms in total. The fourth-order valence-corrected chi connectivity index (χ4v) is 4.59. The molecule has 0 radical (unpaired) electrons. The monoisotopic (exact) mass is 548 g/mol. The molecular formula is C25H33IN4O2. The Bertz CT molecular complexity index is 949. The van der Waals surface area contributed by atoms with Gasteiger partial charge in [0.15, 0.2) is 5.96 Å². The van der Waals surface area contributed by atoms with Crippen molar-refractivity contribution in [1.29, 1.82) is 0 Å². The Balaban J connectivity index is 0.00000289. The van der Waals surface area contributed by atoms with Crippen LogP contribution in [0.5, 0.6) is 5.75 Å². The topological polar surface area (TPSA) is 68.2 Å². The van der Waals surface area contributed by atoms with Crippen LogP contribution in [0.15, 0.2) is 53.5 Å². The number of likely N-dealkylation sites (tertiary alicyclic amines) is 1. The van der Waals surface area contributed by atoms with E-state index in [1.807, 2.05) is 17.0 Å². The quantitative estimate of drug-likeness (QED) is 0.310. The number of nitrogens with one attached hydrogen (secondary N) is 1. The van der Waals surface area contributed by atoms with Crippen molar-refractivity contribution in [2.75, 3.05) is 37.6 Å². The molecule has 7 heteroatoms. The number of carbonyl (C=O) groups excluding carboxylic acids is 1. The number of phenols is 1. The van der Waals surface area contributed by atoms with Gasteiger partial charge in [0.05, 0.1) is 0 Å². The molecule has 2 aromatic rings. The number of guanidine groups is 1. The number of rotatable bonds is 7. The molecule has 0 aliphatic carbocycles. The standard InChI is InChI=1S/C25H32N4O2.HI/c1-2-26-25(27-14-12-19-7-5-8-21(30)17-19)29-18-20(22-9-3-4-10-23(22)29)13-16-28-15-6-11-24(28)31;/h3-5,7-10,17,20,30H,2,6,11-16,18H2,1H3,(H,26,27);1H. The average molecular weight is 548 g/mol. The summed E-state index contributed by atoms with van der Waals surface area (Å²) in [5.74, 6) is 1.88. The first-order valence-electron chi connectivity index (χ1n) is 11.4. The highest BCUT2D eigenvalue weighted by Gasteiger charge is 2.32. The number of phenolic OH excluding ortho intramolecular Hbond substituents is 1. The van der Waals surface area contributed by atoms with Crippen LogP contribution in [-0.2, 0) is 11.2 Å². The van der Waals surface area contributed by atoms with Gasteiger partial charge in [-0.3, -0.25) is 9.79 Å². The number of nitrogens with zero attached hydrogens (tertiary/aromatic N) is 3. The van der Waals surface area contributed by atoms with Gasteiger partial charge >= 0.3 is 0 Å². The van der Waals surface area contributed by atoms with Crippen LogP contribution < -0.4 is 10.2 Å². The molecule has 1 saturated heterocycles. The van der Waals surface area contributed by atoms with Crippen molar-refractivity contribution in [1.82, 2.24) is 10.2 Å². The van der Waals surface area contributed by atoms with E-state index in [1.54, 1.807) is 12.1 Å². The number of aromatic hydroxyl groups is 1. The maximum absolute atomic E-state index is 12.0. The van der Waals surface area contributed by atoms with Crippen LogP contribution in [0.4, 0.5) is 5.69 Å². The minimum absolute atomic E-state index is 0. The molecule has 2 aliphatic rings. The van der Waals surface area contributed by atoms with Crippen molar-refractivity contribution in [3.63, 3.8) is 0 Å². The van der Waals surface area contributed by atoms with Gasteiger partial charge in [0.25, 0.3) is 0 Å². The molecule has 1 unspecified atom stereocenters. The van der Waals surface area contributed by atoms with Crippen LogP contribution >= 0.6 is 24.0 Å². The highest BCUT2D eigenvalue weighted by molar-refractivity contribution is 14.0. The summed E-state index contributed by atoms with van der Waals surface area (Å²) >= 11 is 0. The average Bonchev–Trinajstić information content (AvgIpc) is 3.35. The summed E-state index contributed by atoms with van der Waals surface area (Å²) in [5.41, 5.74) is 3.62. The highest BCUT2D eigenvalue weighted by Crippen LogP contribution is 2.38. The first-order chi connectivity index (χ1) is 15.2. The van der Waals surface area contributed by atoms with E-state index in [-0.39, 0.29) is 24.0 Å². The molecule has 4 rings (SSSR count). The molecular weight excluding hydrogens is 515 g/mol. The Labute approximate surface area is 207 Å². The van der Waals surface area contributed by atoms with Gasteiger partial charge in [-0.25, -0.2) is 0 Å². The van der Waals surface area contributed by atoms with Crippen LogP contribution in [0.2, 0.25) is 0 Å². The molecule has 0 aromatic heterocycles. The molecule has 2 heterocycles. The number of benzene rings is 2. The van der Waals surface area contributed by atoms with Gasteiger partial charge in [-0.15, -0.1) is 24.0 Å². The lowest BCUT2D eigenvalue weighted by atomic mass is 9.98. The van der Waals surface area contributed by atoms with Crippen LogP contribution in [0, 0.1) is 0 Å². The molecule has 2 aliphatic heterocycles. The molecule has 1 atom stereocenters. The first kappa shape index (κ1) is 24.4. The van der Waals surface area contributed by atoms with Crippen LogP contribution in [0.3, 0.4) is 0 Å². The Hall–Kier alpha value is -2.29.